The number of hydrogen-bond donors (Lipinski definition) is 0. The minimum absolute atomic E-state index is 0.0479. The first-order valence-corrected chi connectivity index (χ1v) is 12.0. The predicted molar refractivity (Wildman–Crippen MR) is 133 cm³/mol. The lowest BCUT2D eigenvalue weighted by atomic mass is 10.0. The van der Waals surface area contributed by atoms with E-state index in [4.69, 9.17) is 4.74 Å². The normalized spacial score (nSPS) is 15.1. The molecule has 10 heteroatoms. The number of likely N-dealkylation sites (tertiary alicyclic amines) is 1. The highest BCUT2D eigenvalue weighted by molar-refractivity contribution is 5.84. The zero-order valence-corrected chi connectivity index (χ0v) is 21.1. The van der Waals surface area contributed by atoms with Gasteiger partial charge in [-0.15, -0.1) is 0 Å². The minimum Gasteiger partial charge on any atom is -0.444 e. The van der Waals surface area contributed by atoms with Crippen molar-refractivity contribution in [3.63, 3.8) is 0 Å². The van der Waals surface area contributed by atoms with Crippen LogP contribution in [0.15, 0.2) is 35.5 Å². The van der Waals surface area contributed by atoms with Crippen molar-refractivity contribution >= 4 is 22.5 Å². The van der Waals surface area contributed by atoms with E-state index in [0.717, 1.165) is 16.9 Å². The second-order valence-corrected chi connectivity index (χ2v) is 10.3. The first-order chi connectivity index (χ1) is 17.0. The van der Waals surface area contributed by atoms with Crippen LogP contribution in [0.2, 0.25) is 0 Å². The molecular formula is C26H29FN6O3. The molecule has 3 aromatic heterocycles. The zero-order chi connectivity index (χ0) is 25.8. The van der Waals surface area contributed by atoms with Gasteiger partial charge in [0.1, 0.15) is 16.8 Å². The Kier molecular flexibility index (Phi) is 5.77. The maximum Gasteiger partial charge on any atom is 0.410 e. The third kappa shape index (κ3) is 4.43. The second kappa shape index (κ2) is 8.69. The molecule has 0 saturated carbocycles. The van der Waals surface area contributed by atoms with Crippen LogP contribution in [0.1, 0.15) is 51.0 Å². The number of aromatic nitrogens is 5. The van der Waals surface area contributed by atoms with Crippen LogP contribution in [0.3, 0.4) is 0 Å². The Morgan fingerprint density at radius 3 is 2.56 bits per heavy atom. The average molecular weight is 493 g/mol. The molecule has 36 heavy (non-hydrogen) atoms. The molecule has 0 radical (unpaired) electrons. The van der Waals surface area contributed by atoms with Crippen molar-refractivity contribution in [2.75, 3.05) is 13.1 Å². The lowest BCUT2D eigenvalue weighted by Crippen LogP contribution is -2.43. The summed E-state index contributed by atoms with van der Waals surface area (Å²) in [6.45, 7) is 10.2. The van der Waals surface area contributed by atoms with Gasteiger partial charge in [0.15, 0.2) is 0 Å². The summed E-state index contributed by atoms with van der Waals surface area (Å²) >= 11 is 0. The fourth-order valence-electron chi connectivity index (χ4n) is 4.70. The zero-order valence-electron chi connectivity index (χ0n) is 21.1. The van der Waals surface area contributed by atoms with Gasteiger partial charge in [-0.05, 0) is 65.7 Å². The van der Waals surface area contributed by atoms with Crippen molar-refractivity contribution in [3.8, 4) is 11.3 Å². The molecular weight excluding hydrogens is 463 g/mol. The highest BCUT2D eigenvalue weighted by atomic mass is 19.1. The number of amides is 1. The van der Waals surface area contributed by atoms with Gasteiger partial charge in [0.25, 0.3) is 5.56 Å². The average Bonchev–Trinajstić information content (AvgIpc) is 3.22. The van der Waals surface area contributed by atoms with Gasteiger partial charge >= 0.3 is 6.09 Å². The number of ether oxygens (including phenoxy) is 1. The molecule has 0 bridgehead atoms. The summed E-state index contributed by atoms with van der Waals surface area (Å²) in [6, 6.07) is 4.69. The van der Waals surface area contributed by atoms with Gasteiger partial charge in [-0.25, -0.2) is 18.7 Å². The fraction of sp³-hybridized carbons (Fsp3) is 0.423. The molecule has 9 nitrogen and oxygen atoms in total. The van der Waals surface area contributed by atoms with E-state index < -0.39 is 17.0 Å². The SMILES string of the molecule is Cc1cn2nc(-c3cc(F)c4c(=O)n(C5CCN(C(=O)OC(C)(C)C)CC5)cnc4c3)cc2c(C)n1. The van der Waals surface area contributed by atoms with Gasteiger partial charge < -0.3 is 9.64 Å². The maximum absolute atomic E-state index is 15.3. The number of carbonyl (C=O) groups excluding carboxylic acids is 1. The monoisotopic (exact) mass is 492 g/mol. The van der Waals surface area contributed by atoms with Crippen molar-refractivity contribution in [2.45, 2.75) is 59.1 Å². The molecule has 1 aliphatic rings. The number of rotatable bonds is 2. The molecule has 188 valence electrons. The van der Waals surface area contributed by atoms with E-state index in [-0.39, 0.29) is 23.0 Å². The molecule has 1 saturated heterocycles. The summed E-state index contributed by atoms with van der Waals surface area (Å²) < 4.78 is 23.9. The van der Waals surface area contributed by atoms with Crippen LogP contribution in [-0.4, -0.2) is 53.8 Å². The topological polar surface area (TPSA) is 94.6 Å². The Balaban J connectivity index is 1.42. The Morgan fingerprint density at radius 1 is 1.14 bits per heavy atom. The summed E-state index contributed by atoms with van der Waals surface area (Å²) in [4.78, 5) is 36.1. The highest BCUT2D eigenvalue weighted by Crippen LogP contribution is 2.27. The number of nitrogens with zero attached hydrogens (tertiary/aromatic N) is 6. The summed E-state index contributed by atoms with van der Waals surface area (Å²) in [7, 11) is 0. The third-order valence-electron chi connectivity index (χ3n) is 6.40. The van der Waals surface area contributed by atoms with Crippen LogP contribution in [0, 0.1) is 19.7 Å². The molecule has 4 heterocycles. The number of aryl methyl sites for hydroxylation is 2. The van der Waals surface area contributed by atoms with Crippen molar-refractivity contribution in [1.82, 2.24) is 29.0 Å². The van der Waals surface area contributed by atoms with E-state index in [2.05, 4.69) is 15.1 Å². The van der Waals surface area contributed by atoms with Crippen LogP contribution in [0.5, 0.6) is 0 Å². The van der Waals surface area contributed by atoms with Gasteiger partial charge in [0.2, 0.25) is 0 Å². The summed E-state index contributed by atoms with van der Waals surface area (Å²) in [5, 5.41) is 4.52. The van der Waals surface area contributed by atoms with Gasteiger partial charge in [-0.1, -0.05) is 0 Å². The van der Waals surface area contributed by atoms with Crippen LogP contribution >= 0.6 is 0 Å². The predicted octanol–water partition coefficient (Wildman–Crippen LogP) is 4.43. The Hall–Kier alpha value is -3.82. The number of benzene rings is 1. The van der Waals surface area contributed by atoms with E-state index in [1.54, 1.807) is 15.5 Å². The molecule has 1 amide bonds. The quantitative estimate of drug-likeness (QED) is 0.411. The number of piperidine rings is 1. The second-order valence-electron chi connectivity index (χ2n) is 10.3. The third-order valence-corrected chi connectivity index (χ3v) is 6.40. The largest absolute Gasteiger partial charge is 0.444 e. The smallest absolute Gasteiger partial charge is 0.410 e. The van der Waals surface area contributed by atoms with E-state index >= 15 is 4.39 Å². The molecule has 5 rings (SSSR count). The number of carbonyl (C=O) groups is 1. The van der Waals surface area contributed by atoms with Crippen molar-refractivity contribution in [2.24, 2.45) is 0 Å². The fourth-order valence-corrected chi connectivity index (χ4v) is 4.70. The standard InChI is InChI=1S/C26H29FN6O3/c1-15-13-33-22(16(2)29-15)12-20(30-33)17-10-19(27)23-21(11-17)28-14-32(24(23)34)18-6-8-31(9-7-18)25(35)36-26(3,4)5/h10-14,18H,6-9H2,1-5H3. The number of hydrogen-bond acceptors (Lipinski definition) is 6. The van der Waals surface area contributed by atoms with Crippen LogP contribution in [0.4, 0.5) is 9.18 Å². The van der Waals surface area contributed by atoms with Gasteiger partial charge in [0.05, 0.1) is 40.6 Å². The molecule has 0 aliphatic carbocycles. The van der Waals surface area contributed by atoms with Crippen LogP contribution in [-0.2, 0) is 4.74 Å². The van der Waals surface area contributed by atoms with Gasteiger partial charge in [-0.2, -0.15) is 5.10 Å². The van der Waals surface area contributed by atoms with Crippen LogP contribution in [0.25, 0.3) is 27.7 Å². The minimum atomic E-state index is -0.636. The molecule has 1 fully saturated rings. The molecule has 0 unspecified atom stereocenters. The van der Waals surface area contributed by atoms with E-state index in [1.807, 2.05) is 46.9 Å². The van der Waals surface area contributed by atoms with Crippen molar-refractivity contribution in [3.05, 3.63) is 58.3 Å². The summed E-state index contributed by atoms with van der Waals surface area (Å²) in [6.07, 6.45) is 4.04. The first-order valence-electron chi connectivity index (χ1n) is 12.0. The summed E-state index contributed by atoms with van der Waals surface area (Å²) in [5.41, 5.74) is 2.89. The Morgan fingerprint density at radius 2 is 1.86 bits per heavy atom. The maximum atomic E-state index is 15.3. The number of halogens is 1. The summed E-state index contributed by atoms with van der Waals surface area (Å²) in [5.74, 6) is -0.636. The van der Waals surface area contributed by atoms with E-state index in [0.29, 0.717) is 37.2 Å². The molecule has 0 atom stereocenters. The van der Waals surface area contributed by atoms with E-state index in [9.17, 15) is 9.59 Å². The first kappa shape index (κ1) is 23.9. The van der Waals surface area contributed by atoms with Gasteiger partial charge in [-0.3, -0.25) is 14.3 Å². The van der Waals surface area contributed by atoms with Crippen molar-refractivity contribution < 1.29 is 13.9 Å². The van der Waals surface area contributed by atoms with E-state index in [1.165, 1.54) is 17.0 Å². The van der Waals surface area contributed by atoms with Gasteiger partial charge in [0, 0.05) is 24.7 Å². The molecule has 1 aliphatic heterocycles. The highest BCUT2D eigenvalue weighted by Gasteiger charge is 2.28. The Labute approximate surface area is 207 Å². The lowest BCUT2D eigenvalue weighted by Gasteiger charge is -2.34. The molecule has 0 N–H and O–H groups in total. The molecule has 1 aromatic carbocycles. The Bertz CT molecular complexity index is 1540. The molecule has 4 aromatic rings. The lowest BCUT2D eigenvalue weighted by molar-refractivity contribution is 0.0187. The molecule has 0 spiro atoms. The van der Waals surface area contributed by atoms with Crippen LogP contribution < -0.4 is 5.56 Å². The van der Waals surface area contributed by atoms with Crippen molar-refractivity contribution in [1.29, 1.82) is 0 Å². The number of fused-ring (bicyclic) bond motifs is 2.